The lowest BCUT2D eigenvalue weighted by Gasteiger charge is -2.19. The molecule has 1 amide bonds. The number of nitrogens with two attached hydrogens (primary N) is 1. The molecule has 20 heavy (non-hydrogen) atoms. The van der Waals surface area contributed by atoms with Gasteiger partial charge in [0.2, 0.25) is 0 Å². The van der Waals surface area contributed by atoms with Crippen molar-refractivity contribution in [2.24, 2.45) is 0 Å². The number of anilines is 2. The lowest BCUT2D eigenvalue weighted by Crippen LogP contribution is -2.27. The van der Waals surface area contributed by atoms with E-state index in [4.69, 9.17) is 10.5 Å². The van der Waals surface area contributed by atoms with Gasteiger partial charge in [0.25, 0.3) is 5.91 Å². The highest BCUT2D eigenvalue weighted by atomic mass is 16.5. The van der Waals surface area contributed by atoms with E-state index in [-0.39, 0.29) is 5.91 Å². The summed E-state index contributed by atoms with van der Waals surface area (Å²) in [5, 5.41) is 0. The molecule has 2 aromatic rings. The molecular formula is C16H18N2O2. The van der Waals surface area contributed by atoms with E-state index in [1.807, 2.05) is 31.2 Å². The third-order valence-corrected chi connectivity index (χ3v) is 3.21. The first kappa shape index (κ1) is 13.9. The Hall–Kier alpha value is -2.49. The van der Waals surface area contributed by atoms with Gasteiger partial charge in [0.15, 0.2) is 0 Å². The Labute approximate surface area is 118 Å². The Morgan fingerprint density at radius 3 is 2.55 bits per heavy atom. The van der Waals surface area contributed by atoms with Crippen LogP contribution in [0.2, 0.25) is 0 Å². The van der Waals surface area contributed by atoms with E-state index in [0.717, 1.165) is 11.3 Å². The summed E-state index contributed by atoms with van der Waals surface area (Å²) >= 11 is 0. The Morgan fingerprint density at radius 1 is 1.20 bits per heavy atom. The van der Waals surface area contributed by atoms with E-state index in [0.29, 0.717) is 17.0 Å². The van der Waals surface area contributed by atoms with Gasteiger partial charge in [-0.15, -0.1) is 0 Å². The number of ether oxygens (including phenoxy) is 1. The van der Waals surface area contributed by atoms with Crippen molar-refractivity contribution in [3.8, 4) is 5.75 Å². The maximum Gasteiger partial charge on any atom is 0.260 e. The number of aryl methyl sites for hydroxylation is 1. The average molecular weight is 270 g/mol. The molecule has 4 heteroatoms. The molecule has 0 radical (unpaired) electrons. The molecule has 0 aliphatic carbocycles. The number of hydrogen-bond acceptors (Lipinski definition) is 3. The predicted molar refractivity (Wildman–Crippen MR) is 81.3 cm³/mol. The van der Waals surface area contributed by atoms with E-state index < -0.39 is 0 Å². The summed E-state index contributed by atoms with van der Waals surface area (Å²) in [6, 6.07) is 12.9. The van der Waals surface area contributed by atoms with Crippen LogP contribution in [0.3, 0.4) is 0 Å². The first-order valence-corrected chi connectivity index (χ1v) is 6.31. The van der Waals surface area contributed by atoms with Crippen molar-refractivity contribution in [3.05, 3.63) is 53.6 Å². The standard InChI is InChI=1S/C16H18N2O2/c1-11-6-4-7-12(10-11)18(2)16(19)13-8-5-9-14(20-3)15(13)17/h4-10H,17H2,1-3H3. The molecule has 0 aliphatic rings. The van der Waals surface area contributed by atoms with Gasteiger partial charge in [0.05, 0.1) is 18.4 Å². The van der Waals surface area contributed by atoms with E-state index in [9.17, 15) is 4.79 Å². The minimum absolute atomic E-state index is 0.160. The highest BCUT2D eigenvalue weighted by Crippen LogP contribution is 2.27. The lowest BCUT2D eigenvalue weighted by atomic mass is 10.1. The van der Waals surface area contributed by atoms with Crippen molar-refractivity contribution in [1.29, 1.82) is 0 Å². The molecule has 0 spiro atoms. The molecule has 2 N–H and O–H groups in total. The monoisotopic (exact) mass is 270 g/mol. The summed E-state index contributed by atoms with van der Waals surface area (Å²) in [6.07, 6.45) is 0. The fourth-order valence-electron chi connectivity index (χ4n) is 2.04. The number of carbonyl (C=O) groups excluding carboxylic acids is 1. The molecule has 0 saturated heterocycles. The normalized spacial score (nSPS) is 10.2. The first-order valence-electron chi connectivity index (χ1n) is 6.31. The van der Waals surface area contributed by atoms with Gasteiger partial charge >= 0.3 is 0 Å². The van der Waals surface area contributed by atoms with Crippen molar-refractivity contribution >= 4 is 17.3 Å². The summed E-state index contributed by atoms with van der Waals surface area (Å²) in [6.45, 7) is 1.99. The highest BCUT2D eigenvalue weighted by Gasteiger charge is 2.18. The fourth-order valence-corrected chi connectivity index (χ4v) is 2.04. The summed E-state index contributed by atoms with van der Waals surface area (Å²) in [7, 11) is 3.26. The molecule has 104 valence electrons. The van der Waals surface area contributed by atoms with Gasteiger partial charge in [-0.05, 0) is 36.8 Å². The minimum atomic E-state index is -0.160. The molecule has 0 saturated carbocycles. The zero-order chi connectivity index (χ0) is 14.7. The van der Waals surface area contributed by atoms with Crippen LogP contribution in [0, 0.1) is 6.92 Å². The number of rotatable bonds is 3. The Balaban J connectivity index is 2.36. The molecule has 2 rings (SSSR count). The van der Waals surface area contributed by atoms with E-state index >= 15 is 0 Å². The largest absolute Gasteiger partial charge is 0.495 e. The number of benzene rings is 2. The Kier molecular flexibility index (Phi) is 3.94. The molecule has 0 aromatic heterocycles. The predicted octanol–water partition coefficient (Wildman–Crippen LogP) is 2.86. The molecule has 0 aliphatic heterocycles. The number of nitrogens with zero attached hydrogens (tertiary/aromatic N) is 1. The number of amides is 1. The molecule has 0 atom stereocenters. The molecule has 0 heterocycles. The zero-order valence-corrected chi connectivity index (χ0v) is 11.9. The van der Waals surface area contributed by atoms with Gasteiger partial charge < -0.3 is 15.4 Å². The number of nitrogen functional groups attached to an aromatic ring is 1. The molecule has 4 nitrogen and oxygen atoms in total. The lowest BCUT2D eigenvalue weighted by molar-refractivity contribution is 0.0993. The SMILES string of the molecule is COc1cccc(C(=O)N(C)c2cccc(C)c2)c1N. The van der Waals surface area contributed by atoms with Gasteiger partial charge in [0, 0.05) is 12.7 Å². The second-order valence-corrected chi connectivity index (χ2v) is 4.62. The smallest absolute Gasteiger partial charge is 0.260 e. The van der Waals surface area contributed by atoms with Crippen LogP contribution in [-0.2, 0) is 0 Å². The number of para-hydroxylation sites is 1. The van der Waals surface area contributed by atoms with Gasteiger partial charge in [-0.25, -0.2) is 0 Å². The summed E-state index contributed by atoms with van der Waals surface area (Å²) < 4.78 is 5.14. The van der Waals surface area contributed by atoms with Crippen LogP contribution < -0.4 is 15.4 Å². The Morgan fingerprint density at radius 2 is 1.90 bits per heavy atom. The minimum Gasteiger partial charge on any atom is -0.495 e. The van der Waals surface area contributed by atoms with Crippen molar-refractivity contribution in [2.75, 3.05) is 24.8 Å². The first-order chi connectivity index (χ1) is 9.54. The van der Waals surface area contributed by atoms with Crippen LogP contribution in [0.1, 0.15) is 15.9 Å². The van der Waals surface area contributed by atoms with Gasteiger partial charge in [0.1, 0.15) is 5.75 Å². The third-order valence-electron chi connectivity index (χ3n) is 3.21. The topological polar surface area (TPSA) is 55.6 Å². The Bertz CT molecular complexity index is 638. The van der Waals surface area contributed by atoms with Crippen molar-refractivity contribution in [3.63, 3.8) is 0 Å². The second kappa shape index (κ2) is 5.65. The van der Waals surface area contributed by atoms with Crippen molar-refractivity contribution < 1.29 is 9.53 Å². The van der Waals surface area contributed by atoms with Crippen molar-refractivity contribution in [2.45, 2.75) is 6.92 Å². The fraction of sp³-hybridized carbons (Fsp3) is 0.188. The van der Waals surface area contributed by atoms with E-state index in [2.05, 4.69) is 0 Å². The van der Waals surface area contributed by atoms with E-state index in [1.54, 1.807) is 30.1 Å². The molecule has 0 unspecified atom stereocenters. The molecular weight excluding hydrogens is 252 g/mol. The molecule has 2 aromatic carbocycles. The second-order valence-electron chi connectivity index (χ2n) is 4.62. The number of methoxy groups -OCH3 is 1. The highest BCUT2D eigenvalue weighted by molar-refractivity contribution is 6.09. The van der Waals surface area contributed by atoms with E-state index in [1.165, 1.54) is 7.11 Å². The number of hydrogen-bond donors (Lipinski definition) is 1. The van der Waals surface area contributed by atoms with Crippen LogP contribution >= 0.6 is 0 Å². The summed E-state index contributed by atoms with van der Waals surface area (Å²) in [4.78, 5) is 14.1. The summed E-state index contributed by atoms with van der Waals surface area (Å²) in [5.41, 5.74) is 8.70. The van der Waals surface area contributed by atoms with Gasteiger partial charge in [-0.3, -0.25) is 4.79 Å². The van der Waals surface area contributed by atoms with Gasteiger partial charge in [-0.2, -0.15) is 0 Å². The van der Waals surface area contributed by atoms with Crippen LogP contribution in [0.4, 0.5) is 11.4 Å². The number of carbonyl (C=O) groups is 1. The van der Waals surface area contributed by atoms with Crippen molar-refractivity contribution in [1.82, 2.24) is 0 Å². The maximum atomic E-state index is 12.5. The van der Waals surface area contributed by atoms with Crippen LogP contribution in [0.15, 0.2) is 42.5 Å². The van der Waals surface area contributed by atoms with Crippen LogP contribution in [0.25, 0.3) is 0 Å². The van der Waals surface area contributed by atoms with Crippen LogP contribution in [-0.4, -0.2) is 20.1 Å². The average Bonchev–Trinajstić information content (AvgIpc) is 2.46. The summed E-state index contributed by atoms with van der Waals surface area (Å²) in [5.74, 6) is 0.348. The third kappa shape index (κ3) is 2.59. The molecule has 0 fully saturated rings. The maximum absolute atomic E-state index is 12.5. The quantitative estimate of drug-likeness (QED) is 0.872. The molecule has 0 bridgehead atoms. The van der Waals surface area contributed by atoms with Gasteiger partial charge in [-0.1, -0.05) is 18.2 Å². The zero-order valence-electron chi connectivity index (χ0n) is 11.9. The van der Waals surface area contributed by atoms with Crippen LogP contribution in [0.5, 0.6) is 5.75 Å².